The lowest BCUT2D eigenvalue weighted by Gasteiger charge is -2.11. The quantitative estimate of drug-likeness (QED) is 0.509. The topological polar surface area (TPSA) is 9.23 Å². The fourth-order valence-electron chi connectivity index (χ4n) is 0.632. The van der Waals surface area contributed by atoms with Crippen LogP contribution in [0.15, 0.2) is 24.7 Å². The third kappa shape index (κ3) is 8.76. The monoisotopic (exact) mass is 262 g/mol. The molecule has 0 unspecified atom stereocenters. The molecule has 1 nitrogen and oxygen atoms in total. The van der Waals surface area contributed by atoms with E-state index in [4.69, 9.17) is 51.1 Å². The van der Waals surface area contributed by atoms with Crippen LogP contribution in [0.2, 0.25) is 0 Å². The molecule has 76 valence electrons. The van der Waals surface area contributed by atoms with E-state index in [0.717, 1.165) is 0 Å². The van der Waals surface area contributed by atoms with E-state index in [1.165, 1.54) is 0 Å². The maximum absolute atomic E-state index is 5.50. The van der Waals surface area contributed by atoms with Gasteiger partial charge in [-0.05, 0) is 0 Å². The fraction of sp³-hybridized carbons (Fsp3) is 0.500. The summed E-state index contributed by atoms with van der Waals surface area (Å²) < 4.78 is 5.15. The second kappa shape index (κ2) is 6.83. The zero-order valence-corrected chi connectivity index (χ0v) is 9.93. The number of allylic oxidation sites excluding steroid dienone is 2. The van der Waals surface area contributed by atoms with Crippen LogP contribution in [0.1, 0.15) is 12.8 Å². The Morgan fingerprint density at radius 2 is 1.23 bits per heavy atom. The molecule has 5 heteroatoms. The first-order chi connectivity index (χ1) is 5.91. The van der Waals surface area contributed by atoms with Gasteiger partial charge in [-0.1, -0.05) is 13.2 Å². The second-order valence-corrected chi connectivity index (χ2v) is 4.92. The molecule has 0 heterocycles. The Labute approximate surface area is 98.2 Å². The summed E-state index contributed by atoms with van der Waals surface area (Å²) in [4.78, 5) is -1.05. The van der Waals surface area contributed by atoms with Crippen LogP contribution in [0.3, 0.4) is 0 Å². The third-order valence-corrected chi connectivity index (χ3v) is 1.67. The van der Waals surface area contributed by atoms with Crippen molar-refractivity contribution >= 4 is 46.4 Å². The Morgan fingerprint density at radius 1 is 0.923 bits per heavy atom. The summed E-state index contributed by atoms with van der Waals surface area (Å²) >= 11 is 22.0. The molecule has 0 aromatic carbocycles. The summed E-state index contributed by atoms with van der Waals surface area (Å²) in [6.07, 6.45) is 0.717. The molecular weight excluding hydrogens is 254 g/mol. The van der Waals surface area contributed by atoms with E-state index in [1.807, 2.05) is 0 Å². The minimum absolute atomic E-state index is 0.359. The average molecular weight is 264 g/mol. The molecule has 0 radical (unpaired) electrons. The fourth-order valence-corrected chi connectivity index (χ4v) is 1.32. The molecule has 0 atom stereocenters. The highest BCUT2D eigenvalue weighted by atomic mass is 35.5. The molecular formula is C8H10Cl4O. The Kier molecular flexibility index (Phi) is 7.06. The van der Waals surface area contributed by atoms with E-state index in [-0.39, 0.29) is 0 Å². The van der Waals surface area contributed by atoms with Gasteiger partial charge in [0, 0.05) is 12.8 Å². The minimum atomic E-state index is -0.525. The first-order valence-corrected chi connectivity index (χ1v) is 5.26. The molecule has 13 heavy (non-hydrogen) atoms. The van der Waals surface area contributed by atoms with Crippen molar-refractivity contribution in [1.29, 1.82) is 0 Å². The summed E-state index contributed by atoms with van der Waals surface area (Å²) in [6, 6.07) is 0. The van der Waals surface area contributed by atoms with Crippen molar-refractivity contribution in [3.05, 3.63) is 24.7 Å². The van der Waals surface area contributed by atoms with Crippen LogP contribution in [0.5, 0.6) is 0 Å². The van der Waals surface area contributed by atoms with Crippen LogP contribution >= 0.6 is 46.4 Å². The number of hydrogen-bond acceptors (Lipinski definition) is 1. The molecule has 0 spiro atoms. The van der Waals surface area contributed by atoms with Crippen molar-refractivity contribution in [3.63, 3.8) is 0 Å². The lowest BCUT2D eigenvalue weighted by atomic mass is 10.4. The van der Waals surface area contributed by atoms with Gasteiger partial charge in [-0.3, -0.25) is 0 Å². The number of halogens is 4. The van der Waals surface area contributed by atoms with Gasteiger partial charge in [0.1, 0.15) is 9.67 Å². The molecule has 0 aliphatic heterocycles. The number of hydrogen-bond donors (Lipinski definition) is 0. The Morgan fingerprint density at radius 3 is 1.46 bits per heavy atom. The predicted octanol–water partition coefficient (Wildman–Crippen LogP) is 4.42. The molecule has 0 aliphatic rings. The minimum Gasteiger partial charge on any atom is -0.467 e. The third-order valence-electron chi connectivity index (χ3n) is 1.05. The van der Waals surface area contributed by atoms with E-state index in [9.17, 15) is 0 Å². The average Bonchev–Trinajstić information content (AvgIpc) is 1.80. The standard InChI is InChI=1S/C8H10Cl4O/c1-5(3-7(9)10)13-6(2)4-8(11)12/h7-8H,1-4H2. The van der Waals surface area contributed by atoms with Crippen molar-refractivity contribution in [2.45, 2.75) is 22.5 Å². The number of alkyl halides is 4. The van der Waals surface area contributed by atoms with Crippen molar-refractivity contribution in [1.82, 2.24) is 0 Å². The normalized spacial score (nSPS) is 10.6. The summed E-state index contributed by atoms with van der Waals surface area (Å²) in [7, 11) is 0. The Hall–Kier alpha value is 0.440. The van der Waals surface area contributed by atoms with Gasteiger partial charge >= 0.3 is 0 Å². The Bertz CT molecular complexity index is 169. The number of rotatable bonds is 6. The lowest BCUT2D eigenvalue weighted by Crippen LogP contribution is -1.98. The van der Waals surface area contributed by atoms with Gasteiger partial charge in [-0.2, -0.15) is 0 Å². The molecule has 0 aromatic rings. The zero-order chi connectivity index (χ0) is 10.4. The Balaban J connectivity index is 3.72. The van der Waals surface area contributed by atoms with Crippen LogP contribution < -0.4 is 0 Å². The molecule has 0 rings (SSSR count). The highest BCUT2D eigenvalue weighted by Crippen LogP contribution is 2.20. The summed E-state index contributed by atoms with van der Waals surface area (Å²) in [5, 5.41) is 0. The highest BCUT2D eigenvalue weighted by Gasteiger charge is 2.07. The van der Waals surface area contributed by atoms with Gasteiger partial charge in [0.15, 0.2) is 0 Å². The van der Waals surface area contributed by atoms with E-state index in [2.05, 4.69) is 13.2 Å². The van der Waals surface area contributed by atoms with Crippen molar-refractivity contribution in [2.24, 2.45) is 0 Å². The molecule has 0 N–H and O–H groups in total. The van der Waals surface area contributed by atoms with Gasteiger partial charge in [0.2, 0.25) is 0 Å². The van der Waals surface area contributed by atoms with Crippen LogP contribution in [-0.4, -0.2) is 9.67 Å². The summed E-state index contributed by atoms with van der Waals surface area (Å²) in [5.74, 6) is 0.906. The van der Waals surface area contributed by atoms with Gasteiger partial charge in [-0.25, -0.2) is 0 Å². The van der Waals surface area contributed by atoms with Crippen LogP contribution in [0.25, 0.3) is 0 Å². The van der Waals surface area contributed by atoms with Crippen LogP contribution in [0, 0.1) is 0 Å². The molecule has 0 saturated heterocycles. The van der Waals surface area contributed by atoms with E-state index in [0.29, 0.717) is 24.4 Å². The summed E-state index contributed by atoms with van der Waals surface area (Å²) in [6.45, 7) is 7.21. The smallest absolute Gasteiger partial charge is 0.114 e. The maximum atomic E-state index is 5.50. The number of ether oxygens (including phenoxy) is 1. The predicted molar refractivity (Wildman–Crippen MR) is 59.6 cm³/mol. The molecule has 0 aromatic heterocycles. The van der Waals surface area contributed by atoms with Crippen LogP contribution in [0.4, 0.5) is 0 Å². The highest BCUT2D eigenvalue weighted by molar-refractivity contribution is 6.44. The lowest BCUT2D eigenvalue weighted by molar-refractivity contribution is 0.285. The molecule has 0 bridgehead atoms. The molecule has 0 fully saturated rings. The van der Waals surface area contributed by atoms with Gasteiger partial charge in [0.05, 0.1) is 11.5 Å². The van der Waals surface area contributed by atoms with Crippen molar-refractivity contribution in [3.8, 4) is 0 Å². The largest absolute Gasteiger partial charge is 0.467 e. The zero-order valence-electron chi connectivity index (χ0n) is 6.90. The van der Waals surface area contributed by atoms with E-state index >= 15 is 0 Å². The van der Waals surface area contributed by atoms with E-state index in [1.54, 1.807) is 0 Å². The second-order valence-electron chi connectivity index (χ2n) is 2.37. The van der Waals surface area contributed by atoms with Crippen molar-refractivity contribution < 1.29 is 4.74 Å². The van der Waals surface area contributed by atoms with Gasteiger partial charge < -0.3 is 4.74 Å². The van der Waals surface area contributed by atoms with Crippen molar-refractivity contribution in [2.75, 3.05) is 0 Å². The SMILES string of the molecule is C=C(CC(Cl)Cl)OC(=C)CC(Cl)Cl. The molecule has 0 amide bonds. The first-order valence-electron chi connectivity index (χ1n) is 3.51. The van der Waals surface area contributed by atoms with Crippen LogP contribution in [-0.2, 0) is 4.74 Å². The molecule has 0 aliphatic carbocycles. The van der Waals surface area contributed by atoms with Gasteiger partial charge in [-0.15, -0.1) is 46.4 Å². The van der Waals surface area contributed by atoms with E-state index < -0.39 is 9.67 Å². The molecule has 0 saturated carbocycles. The maximum Gasteiger partial charge on any atom is 0.114 e. The first kappa shape index (κ1) is 13.4. The van der Waals surface area contributed by atoms with Gasteiger partial charge in [0.25, 0.3) is 0 Å². The summed E-state index contributed by atoms with van der Waals surface area (Å²) in [5.41, 5.74) is 0.